The van der Waals surface area contributed by atoms with Gasteiger partial charge in [-0.2, -0.15) is 0 Å². The van der Waals surface area contributed by atoms with Crippen molar-refractivity contribution in [3.63, 3.8) is 0 Å². The zero-order valence-corrected chi connectivity index (χ0v) is 10.9. The van der Waals surface area contributed by atoms with Gasteiger partial charge in [-0.25, -0.2) is 0 Å². The normalized spacial score (nSPS) is 15.5. The third kappa shape index (κ3) is 3.13. The number of nitrogens with one attached hydrogen (secondary N) is 1. The van der Waals surface area contributed by atoms with E-state index in [2.05, 4.69) is 31.3 Å². The molecule has 1 aromatic rings. The molecule has 1 N–H and O–H groups in total. The molecule has 0 radical (unpaired) electrons. The Kier molecular flexibility index (Phi) is 3.57. The molecule has 0 unspecified atom stereocenters. The van der Waals surface area contributed by atoms with E-state index in [0.29, 0.717) is 0 Å². The van der Waals surface area contributed by atoms with Gasteiger partial charge in [-0.15, -0.1) is 0 Å². The minimum Gasteiger partial charge on any atom is -0.490 e. The van der Waals surface area contributed by atoms with Crippen LogP contribution in [0.4, 0.5) is 0 Å². The number of hydrogen-bond acceptors (Lipinski definition) is 3. The lowest BCUT2D eigenvalue weighted by Gasteiger charge is -2.24. The summed E-state index contributed by atoms with van der Waals surface area (Å²) in [6, 6.07) is 6.23. The Labute approximate surface area is 103 Å². The van der Waals surface area contributed by atoms with Crippen molar-refractivity contribution < 1.29 is 9.47 Å². The van der Waals surface area contributed by atoms with Crippen LogP contribution in [-0.2, 0) is 6.42 Å². The lowest BCUT2D eigenvalue weighted by atomic mass is 9.95. The van der Waals surface area contributed by atoms with Crippen molar-refractivity contribution in [3.8, 4) is 11.5 Å². The fourth-order valence-corrected chi connectivity index (χ4v) is 1.92. The Morgan fingerprint density at radius 2 is 1.88 bits per heavy atom. The number of rotatable bonds is 3. The molecule has 1 heterocycles. The second-order valence-electron chi connectivity index (χ2n) is 5.14. The monoisotopic (exact) mass is 235 g/mol. The number of ether oxygens (including phenoxy) is 2. The summed E-state index contributed by atoms with van der Waals surface area (Å²) < 4.78 is 11.3. The fourth-order valence-electron chi connectivity index (χ4n) is 1.92. The Bertz CT molecular complexity index is 388. The minimum atomic E-state index is 0.0970. The molecule has 0 aliphatic carbocycles. The smallest absolute Gasteiger partial charge is 0.161 e. The molecular formula is C14H21NO2. The van der Waals surface area contributed by atoms with Crippen LogP contribution in [0.5, 0.6) is 11.5 Å². The maximum absolute atomic E-state index is 5.69. The van der Waals surface area contributed by atoms with Crippen LogP contribution in [0.3, 0.4) is 0 Å². The molecule has 2 rings (SSSR count). The Hall–Kier alpha value is -1.22. The Balaban J connectivity index is 2.18. The third-order valence-corrected chi connectivity index (χ3v) is 3.13. The molecule has 0 bridgehead atoms. The van der Waals surface area contributed by atoms with E-state index in [0.717, 1.165) is 37.6 Å². The van der Waals surface area contributed by atoms with Crippen LogP contribution in [0.2, 0.25) is 0 Å². The molecule has 3 nitrogen and oxygen atoms in total. The number of hydrogen-bond donors (Lipinski definition) is 1. The second-order valence-corrected chi connectivity index (χ2v) is 5.14. The molecule has 1 aromatic carbocycles. The van der Waals surface area contributed by atoms with Crippen molar-refractivity contribution in [1.29, 1.82) is 0 Å². The summed E-state index contributed by atoms with van der Waals surface area (Å²) in [4.78, 5) is 0. The van der Waals surface area contributed by atoms with Gasteiger partial charge in [-0.3, -0.25) is 0 Å². The van der Waals surface area contributed by atoms with Gasteiger partial charge in [0.15, 0.2) is 11.5 Å². The van der Waals surface area contributed by atoms with Crippen LogP contribution in [0, 0.1) is 0 Å². The molecule has 0 amide bonds. The predicted octanol–water partition coefficient (Wildman–Crippen LogP) is 2.39. The highest BCUT2D eigenvalue weighted by Crippen LogP contribution is 2.31. The van der Waals surface area contributed by atoms with E-state index < -0.39 is 0 Å². The van der Waals surface area contributed by atoms with Gasteiger partial charge in [-0.05, 0) is 45.0 Å². The summed E-state index contributed by atoms with van der Waals surface area (Å²) in [7, 11) is 1.99. The van der Waals surface area contributed by atoms with Gasteiger partial charge in [0.2, 0.25) is 0 Å². The van der Waals surface area contributed by atoms with Crippen LogP contribution in [0.1, 0.15) is 25.8 Å². The lowest BCUT2D eigenvalue weighted by Crippen LogP contribution is -2.38. The predicted molar refractivity (Wildman–Crippen MR) is 68.9 cm³/mol. The number of likely N-dealkylation sites (N-methyl/N-ethyl adjacent to an activating group) is 1. The highest BCUT2D eigenvalue weighted by atomic mass is 16.5. The molecule has 0 aromatic heterocycles. The van der Waals surface area contributed by atoms with Gasteiger partial charge in [0.05, 0.1) is 13.2 Å². The first-order chi connectivity index (χ1) is 8.11. The van der Waals surface area contributed by atoms with Gasteiger partial charge >= 0.3 is 0 Å². The first-order valence-electron chi connectivity index (χ1n) is 6.18. The first-order valence-corrected chi connectivity index (χ1v) is 6.18. The summed E-state index contributed by atoms with van der Waals surface area (Å²) in [5.74, 6) is 1.75. The molecule has 0 fully saturated rings. The molecular weight excluding hydrogens is 214 g/mol. The van der Waals surface area contributed by atoms with Crippen molar-refractivity contribution in [1.82, 2.24) is 5.32 Å². The molecule has 94 valence electrons. The average Bonchev–Trinajstić information content (AvgIpc) is 2.53. The first kappa shape index (κ1) is 12.2. The van der Waals surface area contributed by atoms with Crippen molar-refractivity contribution in [2.75, 3.05) is 20.3 Å². The summed E-state index contributed by atoms with van der Waals surface area (Å²) in [5.41, 5.74) is 1.37. The minimum absolute atomic E-state index is 0.0970. The standard InChI is InChI=1S/C14H21NO2/c1-14(2,15-3)10-11-5-6-12-13(9-11)17-8-4-7-16-12/h5-6,9,15H,4,7-8,10H2,1-3H3. The van der Waals surface area contributed by atoms with Crippen LogP contribution in [0.25, 0.3) is 0 Å². The van der Waals surface area contributed by atoms with E-state index in [1.807, 2.05) is 13.1 Å². The van der Waals surface area contributed by atoms with Crippen LogP contribution in [-0.4, -0.2) is 25.8 Å². The molecule has 3 heteroatoms. The molecule has 0 saturated heterocycles. The summed E-state index contributed by atoms with van der Waals surface area (Å²) >= 11 is 0. The molecule has 0 saturated carbocycles. The zero-order chi connectivity index (χ0) is 12.3. The SMILES string of the molecule is CNC(C)(C)Cc1ccc2c(c1)OCCCO2. The van der Waals surface area contributed by atoms with Gasteiger partial charge < -0.3 is 14.8 Å². The van der Waals surface area contributed by atoms with Crippen molar-refractivity contribution in [3.05, 3.63) is 23.8 Å². The van der Waals surface area contributed by atoms with Gasteiger partial charge in [-0.1, -0.05) is 6.07 Å². The molecule has 1 aliphatic rings. The van der Waals surface area contributed by atoms with Crippen LogP contribution in [0.15, 0.2) is 18.2 Å². The zero-order valence-electron chi connectivity index (χ0n) is 10.9. The van der Waals surface area contributed by atoms with E-state index in [4.69, 9.17) is 9.47 Å². The Morgan fingerprint density at radius 3 is 2.59 bits per heavy atom. The highest BCUT2D eigenvalue weighted by Gasteiger charge is 2.17. The van der Waals surface area contributed by atoms with Gasteiger partial charge in [0, 0.05) is 12.0 Å². The Morgan fingerprint density at radius 1 is 1.18 bits per heavy atom. The van der Waals surface area contributed by atoms with E-state index in [-0.39, 0.29) is 5.54 Å². The number of benzene rings is 1. The number of fused-ring (bicyclic) bond motifs is 1. The van der Waals surface area contributed by atoms with Crippen molar-refractivity contribution in [2.45, 2.75) is 32.2 Å². The van der Waals surface area contributed by atoms with Crippen LogP contribution >= 0.6 is 0 Å². The van der Waals surface area contributed by atoms with E-state index in [9.17, 15) is 0 Å². The van der Waals surface area contributed by atoms with Crippen molar-refractivity contribution in [2.24, 2.45) is 0 Å². The maximum atomic E-state index is 5.69. The van der Waals surface area contributed by atoms with E-state index in [1.165, 1.54) is 5.56 Å². The van der Waals surface area contributed by atoms with Gasteiger partial charge in [0.1, 0.15) is 0 Å². The summed E-state index contributed by atoms with van der Waals surface area (Å²) in [6.07, 6.45) is 1.92. The quantitative estimate of drug-likeness (QED) is 0.872. The summed E-state index contributed by atoms with van der Waals surface area (Å²) in [6.45, 7) is 5.87. The van der Waals surface area contributed by atoms with E-state index in [1.54, 1.807) is 0 Å². The maximum Gasteiger partial charge on any atom is 0.161 e. The fraction of sp³-hybridized carbons (Fsp3) is 0.571. The molecule has 1 aliphatic heterocycles. The summed E-state index contributed by atoms with van der Waals surface area (Å²) in [5, 5.41) is 3.31. The topological polar surface area (TPSA) is 30.5 Å². The van der Waals surface area contributed by atoms with Crippen molar-refractivity contribution >= 4 is 0 Å². The molecule has 17 heavy (non-hydrogen) atoms. The molecule has 0 spiro atoms. The highest BCUT2D eigenvalue weighted by molar-refractivity contribution is 5.43. The third-order valence-electron chi connectivity index (χ3n) is 3.13. The van der Waals surface area contributed by atoms with E-state index >= 15 is 0 Å². The lowest BCUT2D eigenvalue weighted by molar-refractivity contribution is 0.297. The molecule has 0 atom stereocenters. The van der Waals surface area contributed by atoms with Crippen LogP contribution < -0.4 is 14.8 Å². The van der Waals surface area contributed by atoms with Gasteiger partial charge in [0.25, 0.3) is 0 Å². The largest absolute Gasteiger partial charge is 0.490 e. The second kappa shape index (κ2) is 4.96. The average molecular weight is 235 g/mol.